The van der Waals surface area contributed by atoms with E-state index in [1.54, 1.807) is 11.8 Å². The molecule has 186 valence electrons. The van der Waals surface area contributed by atoms with E-state index in [9.17, 15) is 19.5 Å². The number of aliphatic carboxylic acids is 1. The summed E-state index contributed by atoms with van der Waals surface area (Å²) in [7, 11) is 0. The molecule has 35 heavy (non-hydrogen) atoms. The summed E-state index contributed by atoms with van der Waals surface area (Å²) < 4.78 is 5.66. The van der Waals surface area contributed by atoms with Crippen molar-refractivity contribution in [1.29, 1.82) is 0 Å². The third-order valence-electron chi connectivity index (χ3n) is 7.23. The summed E-state index contributed by atoms with van der Waals surface area (Å²) in [4.78, 5) is 39.5. The molecule has 1 aliphatic carbocycles. The fraction of sp³-hybridized carbons (Fsp3) is 0.464. The third-order valence-corrected chi connectivity index (χ3v) is 7.23. The zero-order valence-electron chi connectivity index (χ0n) is 20.6. The number of nitrogens with one attached hydrogen (secondary N) is 1. The van der Waals surface area contributed by atoms with Gasteiger partial charge in [0.25, 0.3) is 0 Å². The van der Waals surface area contributed by atoms with Crippen LogP contribution in [0.3, 0.4) is 0 Å². The van der Waals surface area contributed by atoms with Crippen molar-refractivity contribution in [2.45, 2.75) is 58.0 Å². The van der Waals surface area contributed by atoms with Gasteiger partial charge in [0, 0.05) is 18.5 Å². The van der Waals surface area contributed by atoms with Gasteiger partial charge in [-0.1, -0.05) is 62.4 Å². The lowest BCUT2D eigenvalue weighted by molar-refractivity contribution is -0.150. The van der Waals surface area contributed by atoms with Gasteiger partial charge in [0.05, 0.1) is 5.92 Å². The van der Waals surface area contributed by atoms with Gasteiger partial charge in [0.1, 0.15) is 12.6 Å². The number of likely N-dealkylation sites (tertiary alicyclic amines) is 1. The van der Waals surface area contributed by atoms with Crippen LogP contribution < -0.4 is 5.32 Å². The van der Waals surface area contributed by atoms with Crippen LogP contribution in [0, 0.1) is 11.8 Å². The lowest BCUT2D eigenvalue weighted by Crippen LogP contribution is -2.56. The zero-order chi connectivity index (χ0) is 25.1. The molecule has 1 saturated heterocycles. The summed E-state index contributed by atoms with van der Waals surface area (Å²) in [6.45, 7) is 6.41. The molecule has 3 unspecified atom stereocenters. The van der Waals surface area contributed by atoms with E-state index in [-0.39, 0.29) is 24.3 Å². The Balaban J connectivity index is 1.44. The molecule has 2 aromatic rings. The molecule has 2 aromatic carbocycles. The SMILES string of the molecule is CC(C)CC(NC(=O)OCC1c2ccccc2-c2ccccc21)C(=O)N1CCCC(C(=O)O)C1C. The van der Waals surface area contributed by atoms with E-state index in [0.29, 0.717) is 25.8 Å². The Bertz CT molecular complexity index is 1050. The number of carbonyl (C=O) groups is 3. The van der Waals surface area contributed by atoms with Crippen LogP contribution in [-0.4, -0.2) is 53.2 Å². The standard InChI is InChI=1S/C28H34N2O5/c1-17(2)15-25(26(31)30-14-8-13-19(18(30)3)27(32)33)29-28(34)35-16-24-22-11-6-4-9-20(22)21-10-5-7-12-23(21)24/h4-7,9-12,17-19,24-25H,8,13-16H2,1-3H3,(H,29,34)(H,32,33). The van der Waals surface area contributed by atoms with Gasteiger partial charge in [0.2, 0.25) is 5.91 Å². The number of fused-ring (bicyclic) bond motifs is 3. The van der Waals surface area contributed by atoms with Crippen molar-refractivity contribution in [3.8, 4) is 11.1 Å². The number of carboxylic acid groups (broad SMARTS) is 1. The van der Waals surface area contributed by atoms with Crippen molar-refractivity contribution in [3.63, 3.8) is 0 Å². The van der Waals surface area contributed by atoms with Crippen molar-refractivity contribution in [2.24, 2.45) is 11.8 Å². The molecular weight excluding hydrogens is 444 g/mol. The largest absolute Gasteiger partial charge is 0.481 e. The molecule has 2 amide bonds. The Morgan fingerprint density at radius 1 is 1.06 bits per heavy atom. The minimum atomic E-state index is -0.889. The molecule has 0 bridgehead atoms. The second-order valence-corrected chi connectivity index (χ2v) is 10.0. The van der Waals surface area contributed by atoms with E-state index in [0.717, 1.165) is 22.3 Å². The molecule has 0 radical (unpaired) electrons. The molecule has 0 saturated carbocycles. The van der Waals surface area contributed by atoms with Crippen LogP contribution >= 0.6 is 0 Å². The molecule has 1 aliphatic heterocycles. The number of alkyl carbamates (subject to hydrolysis) is 1. The summed E-state index contributed by atoms with van der Waals surface area (Å²) >= 11 is 0. The second kappa shape index (κ2) is 10.5. The highest BCUT2D eigenvalue weighted by Gasteiger charge is 2.38. The number of hydrogen-bond donors (Lipinski definition) is 2. The summed E-state index contributed by atoms with van der Waals surface area (Å²) in [6, 6.07) is 15.1. The van der Waals surface area contributed by atoms with E-state index < -0.39 is 30.1 Å². The van der Waals surface area contributed by atoms with Gasteiger partial charge in [-0.15, -0.1) is 0 Å². The molecular formula is C28H34N2O5. The minimum absolute atomic E-state index is 0.0640. The van der Waals surface area contributed by atoms with Crippen LogP contribution in [0.4, 0.5) is 4.79 Å². The number of rotatable bonds is 7. The van der Waals surface area contributed by atoms with Crippen LogP contribution in [0.25, 0.3) is 11.1 Å². The van der Waals surface area contributed by atoms with E-state index in [1.165, 1.54) is 0 Å². The molecule has 2 N–H and O–H groups in total. The predicted octanol–water partition coefficient (Wildman–Crippen LogP) is 4.65. The highest BCUT2D eigenvalue weighted by molar-refractivity contribution is 5.87. The van der Waals surface area contributed by atoms with Crippen molar-refractivity contribution >= 4 is 18.0 Å². The van der Waals surface area contributed by atoms with Gasteiger partial charge in [-0.3, -0.25) is 9.59 Å². The van der Waals surface area contributed by atoms with Crippen LogP contribution in [0.1, 0.15) is 57.1 Å². The Labute approximate surface area is 206 Å². The van der Waals surface area contributed by atoms with E-state index in [2.05, 4.69) is 29.6 Å². The van der Waals surface area contributed by atoms with Gasteiger partial charge in [0.15, 0.2) is 0 Å². The Hall–Kier alpha value is -3.35. The number of benzene rings is 2. The Morgan fingerprint density at radius 2 is 1.66 bits per heavy atom. The van der Waals surface area contributed by atoms with Crippen molar-refractivity contribution in [2.75, 3.05) is 13.2 Å². The monoisotopic (exact) mass is 478 g/mol. The van der Waals surface area contributed by atoms with E-state index >= 15 is 0 Å². The summed E-state index contributed by atoms with van der Waals surface area (Å²) in [5, 5.41) is 12.3. The van der Waals surface area contributed by atoms with Crippen molar-refractivity contribution in [3.05, 3.63) is 59.7 Å². The van der Waals surface area contributed by atoms with Gasteiger partial charge in [-0.2, -0.15) is 0 Å². The summed E-state index contributed by atoms with van der Waals surface area (Å²) in [5.74, 6) is -1.63. The van der Waals surface area contributed by atoms with Crippen LogP contribution in [0.2, 0.25) is 0 Å². The molecule has 1 fully saturated rings. The van der Waals surface area contributed by atoms with Crippen LogP contribution in [-0.2, 0) is 14.3 Å². The summed E-state index contributed by atoms with van der Waals surface area (Å²) in [5.41, 5.74) is 4.55. The number of hydrogen-bond acceptors (Lipinski definition) is 4. The number of amides is 2. The van der Waals surface area contributed by atoms with Gasteiger partial charge in [-0.25, -0.2) is 4.79 Å². The fourth-order valence-electron chi connectivity index (χ4n) is 5.46. The highest BCUT2D eigenvalue weighted by atomic mass is 16.5. The molecule has 2 aliphatic rings. The normalized spacial score (nSPS) is 20.2. The van der Waals surface area contributed by atoms with Crippen molar-refractivity contribution in [1.82, 2.24) is 10.2 Å². The second-order valence-electron chi connectivity index (χ2n) is 10.0. The quantitative estimate of drug-likeness (QED) is 0.604. The Morgan fingerprint density at radius 3 is 2.23 bits per heavy atom. The smallest absolute Gasteiger partial charge is 0.407 e. The first-order valence-electron chi connectivity index (χ1n) is 12.4. The van der Waals surface area contributed by atoms with Crippen molar-refractivity contribution < 1.29 is 24.2 Å². The highest BCUT2D eigenvalue weighted by Crippen LogP contribution is 2.44. The molecule has 0 spiro atoms. The fourth-order valence-corrected chi connectivity index (χ4v) is 5.46. The van der Waals surface area contributed by atoms with Crippen LogP contribution in [0.15, 0.2) is 48.5 Å². The number of ether oxygens (including phenoxy) is 1. The number of nitrogens with zero attached hydrogens (tertiary/aromatic N) is 1. The molecule has 7 heteroatoms. The first kappa shape index (κ1) is 24.8. The summed E-state index contributed by atoms with van der Waals surface area (Å²) in [6.07, 6.45) is 0.996. The predicted molar refractivity (Wildman–Crippen MR) is 133 cm³/mol. The molecule has 7 nitrogen and oxygen atoms in total. The number of piperidine rings is 1. The first-order chi connectivity index (χ1) is 16.8. The molecule has 1 heterocycles. The van der Waals surface area contributed by atoms with Gasteiger partial charge >= 0.3 is 12.1 Å². The van der Waals surface area contributed by atoms with E-state index in [1.807, 2.05) is 38.1 Å². The topological polar surface area (TPSA) is 95.9 Å². The maximum atomic E-state index is 13.4. The molecule has 0 aromatic heterocycles. The number of carboxylic acids is 1. The average molecular weight is 479 g/mol. The lowest BCUT2D eigenvalue weighted by Gasteiger charge is -2.39. The van der Waals surface area contributed by atoms with Gasteiger partial charge in [-0.05, 0) is 54.4 Å². The molecule has 3 atom stereocenters. The average Bonchev–Trinajstić information content (AvgIpc) is 3.15. The van der Waals surface area contributed by atoms with Crippen LogP contribution in [0.5, 0.6) is 0 Å². The zero-order valence-corrected chi connectivity index (χ0v) is 20.6. The lowest BCUT2D eigenvalue weighted by atomic mass is 9.89. The number of carbonyl (C=O) groups excluding carboxylic acids is 2. The maximum Gasteiger partial charge on any atom is 0.407 e. The molecule has 4 rings (SSSR count). The first-order valence-corrected chi connectivity index (χ1v) is 12.4. The third kappa shape index (κ3) is 5.19. The maximum absolute atomic E-state index is 13.4. The van der Waals surface area contributed by atoms with E-state index in [4.69, 9.17) is 4.74 Å². The van der Waals surface area contributed by atoms with Gasteiger partial charge < -0.3 is 20.1 Å². The Kier molecular flexibility index (Phi) is 7.43. The minimum Gasteiger partial charge on any atom is -0.481 e.